The molecule has 0 bridgehead atoms. The lowest BCUT2D eigenvalue weighted by atomic mass is 9.96. The molecule has 118 valence electrons. The Morgan fingerprint density at radius 3 is 2.52 bits per heavy atom. The van der Waals surface area contributed by atoms with Gasteiger partial charge in [0.05, 0.1) is 12.6 Å². The largest absolute Gasteiger partial charge is 0.324 e. The zero-order chi connectivity index (χ0) is 16.6. The van der Waals surface area contributed by atoms with Gasteiger partial charge in [0.15, 0.2) is 0 Å². The van der Waals surface area contributed by atoms with Crippen molar-refractivity contribution in [2.75, 3.05) is 0 Å². The van der Waals surface area contributed by atoms with E-state index in [1.807, 2.05) is 0 Å². The molecule has 0 aliphatic heterocycles. The third kappa shape index (κ3) is 2.83. The number of aryl methyl sites for hydroxylation is 1. The summed E-state index contributed by atoms with van der Waals surface area (Å²) in [5, 5.41) is 11.6. The van der Waals surface area contributed by atoms with Crippen LogP contribution in [0.25, 0.3) is 22.5 Å². The number of nitrogens with two attached hydrogens (primary N) is 1. The molecule has 3 rings (SSSR count). The highest BCUT2D eigenvalue weighted by atomic mass is 19.1. The summed E-state index contributed by atoms with van der Waals surface area (Å²) in [6, 6.07) is 8.79. The molecule has 3 aromatic rings. The van der Waals surface area contributed by atoms with Crippen LogP contribution in [0.2, 0.25) is 0 Å². The quantitative estimate of drug-likeness (QED) is 0.807. The van der Waals surface area contributed by atoms with Gasteiger partial charge < -0.3 is 5.73 Å². The Kier molecular flexibility index (Phi) is 3.87. The number of aromatic nitrogens is 4. The second-order valence-corrected chi connectivity index (χ2v) is 5.29. The SMILES string of the molecule is CC(N)c1ccc(-c2cccc(F)c2-c2nnn(C)n2)cc1F. The van der Waals surface area contributed by atoms with Crippen LogP contribution in [0.3, 0.4) is 0 Å². The fourth-order valence-corrected chi connectivity index (χ4v) is 2.44. The second kappa shape index (κ2) is 5.85. The molecule has 0 aliphatic carbocycles. The molecule has 0 fully saturated rings. The molecule has 0 spiro atoms. The molecule has 1 unspecified atom stereocenters. The zero-order valence-corrected chi connectivity index (χ0v) is 12.7. The molecule has 0 amide bonds. The van der Waals surface area contributed by atoms with Gasteiger partial charge in [0.1, 0.15) is 11.6 Å². The smallest absolute Gasteiger partial charge is 0.208 e. The van der Waals surface area contributed by atoms with Crippen molar-refractivity contribution in [1.82, 2.24) is 20.2 Å². The lowest BCUT2D eigenvalue weighted by Crippen LogP contribution is -2.07. The number of benzene rings is 2. The van der Waals surface area contributed by atoms with Gasteiger partial charge in [-0.15, -0.1) is 10.2 Å². The summed E-state index contributed by atoms with van der Waals surface area (Å²) < 4.78 is 28.5. The van der Waals surface area contributed by atoms with Gasteiger partial charge in [-0.25, -0.2) is 8.78 Å². The van der Waals surface area contributed by atoms with Crippen molar-refractivity contribution < 1.29 is 8.78 Å². The second-order valence-electron chi connectivity index (χ2n) is 5.29. The first-order chi connectivity index (χ1) is 11.0. The minimum absolute atomic E-state index is 0.150. The number of halogens is 2. The van der Waals surface area contributed by atoms with Gasteiger partial charge in [-0.3, -0.25) is 0 Å². The van der Waals surface area contributed by atoms with E-state index in [2.05, 4.69) is 15.4 Å². The van der Waals surface area contributed by atoms with Crippen molar-refractivity contribution >= 4 is 0 Å². The first-order valence-corrected chi connectivity index (χ1v) is 7.05. The highest BCUT2D eigenvalue weighted by Gasteiger charge is 2.18. The third-order valence-corrected chi connectivity index (χ3v) is 3.55. The fourth-order valence-electron chi connectivity index (χ4n) is 2.44. The van der Waals surface area contributed by atoms with Crippen molar-refractivity contribution in [3.8, 4) is 22.5 Å². The van der Waals surface area contributed by atoms with E-state index in [1.54, 1.807) is 38.2 Å². The lowest BCUT2D eigenvalue weighted by Gasteiger charge is -2.11. The number of hydrogen-bond acceptors (Lipinski definition) is 4. The minimum atomic E-state index is -0.493. The van der Waals surface area contributed by atoms with Crippen molar-refractivity contribution in [1.29, 1.82) is 0 Å². The number of rotatable bonds is 3. The average molecular weight is 315 g/mol. The van der Waals surface area contributed by atoms with Crippen LogP contribution >= 0.6 is 0 Å². The average Bonchev–Trinajstić information content (AvgIpc) is 2.92. The van der Waals surface area contributed by atoms with Gasteiger partial charge in [-0.2, -0.15) is 4.80 Å². The van der Waals surface area contributed by atoms with Crippen LogP contribution in [0.15, 0.2) is 36.4 Å². The van der Waals surface area contributed by atoms with E-state index < -0.39 is 17.7 Å². The van der Waals surface area contributed by atoms with E-state index in [0.717, 1.165) is 0 Å². The topological polar surface area (TPSA) is 69.6 Å². The molecule has 1 aromatic heterocycles. The van der Waals surface area contributed by atoms with Crippen LogP contribution < -0.4 is 5.73 Å². The minimum Gasteiger partial charge on any atom is -0.324 e. The van der Waals surface area contributed by atoms with Gasteiger partial charge in [0.25, 0.3) is 0 Å². The number of tetrazole rings is 1. The molecule has 0 saturated heterocycles. The van der Waals surface area contributed by atoms with Gasteiger partial charge in [0, 0.05) is 11.6 Å². The fraction of sp³-hybridized carbons (Fsp3) is 0.188. The predicted octanol–water partition coefficient (Wildman–Crippen LogP) is 2.84. The van der Waals surface area contributed by atoms with Crippen LogP contribution in [0.5, 0.6) is 0 Å². The van der Waals surface area contributed by atoms with E-state index in [4.69, 9.17) is 5.73 Å². The lowest BCUT2D eigenvalue weighted by molar-refractivity contribution is 0.594. The number of nitrogens with zero attached hydrogens (tertiary/aromatic N) is 4. The van der Waals surface area contributed by atoms with Crippen molar-refractivity contribution in [2.24, 2.45) is 12.8 Å². The van der Waals surface area contributed by atoms with Crippen LogP contribution in [0.4, 0.5) is 8.78 Å². The normalized spacial score (nSPS) is 12.4. The molecule has 0 aliphatic rings. The summed E-state index contributed by atoms with van der Waals surface area (Å²) in [4.78, 5) is 1.24. The summed E-state index contributed by atoms with van der Waals surface area (Å²) >= 11 is 0. The molecule has 5 nitrogen and oxygen atoms in total. The Morgan fingerprint density at radius 1 is 1.13 bits per heavy atom. The standard InChI is InChI=1S/C16H15F2N5/c1-9(19)11-7-6-10(8-14(11)18)12-4-3-5-13(17)15(12)16-20-22-23(2)21-16/h3-9H,19H2,1-2H3. The van der Waals surface area contributed by atoms with E-state index in [9.17, 15) is 8.78 Å². The van der Waals surface area contributed by atoms with Crippen molar-refractivity contribution in [3.05, 3.63) is 53.6 Å². The van der Waals surface area contributed by atoms with E-state index in [1.165, 1.54) is 16.9 Å². The summed E-state index contributed by atoms with van der Waals surface area (Å²) in [7, 11) is 1.59. The first kappa shape index (κ1) is 15.2. The molecular formula is C16H15F2N5. The maximum atomic E-state index is 14.3. The summed E-state index contributed by atoms with van der Waals surface area (Å²) in [6.45, 7) is 1.70. The van der Waals surface area contributed by atoms with Gasteiger partial charge in [-0.1, -0.05) is 24.3 Å². The van der Waals surface area contributed by atoms with Crippen LogP contribution in [0.1, 0.15) is 18.5 Å². The van der Waals surface area contributed by atoms with Gasteiger partial charge in [-0.05, 0) is 35.4 Å². The van der Waals surface area contributed by atoms with E-state index in [0.29, 0.717) is 16.7 Å². The summed E-state index contributed by atoms with van der Waals surface area (Å²) in [5.74, 6) is -0.774. The Labute approximate surface area is 131 Å². The maximum Gasteiger partial charge on any atom is 0.208 e. The van der Waals surface area contributed by atoms with E-state index >= 15 is 0 Å². The molecule has 2 aromatic carbocycles. The van der Waals surface area contributed by atoms with Gasteiger partial charge in [0.2, 0.25) is 5.82 Å². The van der Waals surface area contributed by atoms with Crippen LogP contribution in [-0.4, -0.2) is 20.2 Å². The zero-order valence-electron chi connectivity index (χ0n) is 12.7. The maximum absolute atomic E-state index is 14.3. The third-order valence-electron chi connectivity index (χ3n) is 3.55. The number of hydrogen-bond donors (Lipinski definition) is 1. The van der Waals surface area contributed by atoms with Crippen LogP contribution in [0, 0.1) is 11.6 Å². The predicted molar refractivity (Wildman–Crippen MR) is 82.2 cm³/mol. The molecule has 0 saturated carbocycles. The molecule has 1 heterocycles. The molecule has 23 heavy (non-hydrogen) atoms. The molecule has 0 radical (unpaired) electrons. The molecule has 2 N–H and O–H groups in total. The Bertz CT molecular complexity index is 857. The first-order valence-electron chi connectivity index (χ1n) is 7.05. The highest BCUT2D eigenvalue weighted by Crippen LogP contribution is 2.33. The summed E-state index contributed by atoms with van der Waals surface area (Å²) in [5.41, 5.74) is 7.33. The van der Waals surface area contributed by atoms with Gasteiger partial charge >= 0.3 is 0 Å². The Balaban J connectivity index is 2.18. The van der Waals surface area contributed by atoms with Crippen molar-refractivity contribution in [2.45, 2.75) is 13.0 Å². The molecular weight excluding hydrogens is 300 g/mol. The highest BCUT2D eigenvalue weighted by molar-refractivity contribution is 5.80. The van der Waals surface area contributed by atoms with Crippen LogP contribution in [-0.2, 0) is 7.05 Å². The molecule has 7 heteroatoms. The Morgan fingerprint density at radius 2 is 1.91 bits per heavy atom. The molecule has 1 atom stereocenters. The Hall–Kier alpha value is -2.67. The summed E-state index contributed by atoms with van der Waals surface area (Å²) in [6.07, 6.45) is 0. The van der Waals surface area contributed by atoms with Crippen molar-refractivity contribution in [3.63, 3.8) is 0 Å². The van der Waals surface area contributed by atoms with E-state index in [-0.39, 0.29) is 11.4 Å². The monoisotopic (exact) mass is 315 g/mol.